The van der Waals surface area contributed by atoms with Crippen molar-refractivity contribution in [3.63, 3.8) is 0 Å². The predicted molar refractivity (Wildman–Crippen MR) is 114 cm³/mol. The molecule has 0 N–H and O–H groups in total. The quantitative estimate of drug-likeness (QED) is 0.609. The topological polar surface area (TPSA) is 55.4 Å². The Morgan fingerprint density at radius 2 is 0.871 bits per heavy atom. The standard InChI is InChI=1S/C25H28O6/c1-23(2)13-25(30-17-11-21-19(9-15(17)23)26-5-7-28-21)14-24(3,4)16-10-20-22(12-18(16)31-25)29-8-6-27-20/h9-12H,5-8,13-14H2,1-4H3. The molecule has 1 spiro atoms. The second-order valence-electron chi connectivity index (χ2n) is 10.2. The van der Waals surface area contributed by atoms with E-state index < -0.39 is 5.79 Å². The minimum absolute atomic E-state index is 0.162. The maximum absolute atomic E-state index is 6.67. The fraction of sp³-hybridized carbons (Fsp3) is 0.520. The molecule has 4 heterocycles. The lowest BCUT2D eigenvalue weighted by atomic mass is 9.69. The van der Waals surface area contributed by atoms with Crippen molar-refractivity contribution in [1.82, 2.24) is 0 Å². The molecule has 0 atom stereocenters. The maximum atomic E-state index is 6.67. The van der Waals surface area contributed by atoms with Crippen LogP contribution in [0.3, 0.4) is 0 Å². The second-order valence-corrected chi connectivity index (χ2v) is 10.2. The van der Waals surface area contributed by atoms with Crippen LogP contribution < -0.4 is 28.4 Å². The Bertz CT molecular complexity index is 985. The van der Waals surface area contributed by atoms with E-state index >= 15 is 0 Å². The van der Waals surface area contributed by atoms with Crippen LogP contribution in [0.5, 0.6) is 34.5 Å². The van der Waals surface area contributed by atoms with Crippen molar-refractivity contribution in [1.29, 1.82) is 0 Å². The summed E-state index contributed by atoms with van der Waals surface area (Å²) in [6.45, 7) is 11.2. The molecule has 2 aromatic carbocycles. The summed E-state index contributed by atoms with van der Waals surface area (Å²) in [5.41, 5.74) is 1.92. The zero-order valence-corrected chi connectivity index (χ0v) is 18.5. The highest BCUT2D eigenvalue weighted by atomic mass is 16.7. The van der Waals surface area contributed by atoms with Crippen molar-refractivity contribution in [2.24, 2.45) is 0 Å². The normalized spacial score (nSPS) is 23.1. The summed E-state index contributed by atoms with van der Waals surface area (Å²) in [5.74, 6) is 3.87. The van der Waals surface area contributed by atoms with Gasteiger partial charge in [-0.2, -0.15) is 0 Å². The third-order valence-electron chi connectivity index (χ3n) is 6.76. The average molecular weight is 424 g/mol. The van der Waals surface area contributed by atoms with Gasteiger partial charge in [-0.05, 0) is 12.1 Å². The highest BCUT2D eigenvalue weighted by Gasteiger charge is 2.53. The van der Waals surface area contributed by atoms with Crippen LogP contribution in [0.25, 0.3) is 0 Å². The van der Waals surface area contributed by atoms with Gasteiger partial charge < -0.3 is 28.4 Å². The predicted octanol–water partition coefficient (Wildman–Crippen LogP) is 4.75. The lowest BCUT2D eigenvalue weighted by molar-refractivity contribution is -0.166. The first kappa shape index (κ1) is 19.0. The van der Waals surface area contributed by atoms with Gasteiger partial charge in [0, 0.05) is 46.9 Å². The molecule has 4 aliphatic heterocycles. The van der Waals surface area contributed by atoms with Gasteiger partial charge >= 0.3 is 0 Å². The van der Waals surface area contributed by atoms with Crippen molar-refractivity contribution in [3.05, 3.63) is 35.4 Å². The van der Waals surface area contributed by atoms with E-state index in [1.54, 1.807) is 0 Å². The molecular weight excluding hydrogens is 396 g/mol. The summed E-state index contributed by atoms with van der Waals surface area (Å²) in [6, 6.07) is 8.06. The van der Waals surface area contributed by atoms with Gasteiger partial charge in [0.25, 0.3) is 5.79 Å². The Morgan fingerprint density at radius 1 is 0.516 bits per heavy atom. The Balaban J connectivity index is 1.44. The number of fused-ring (bicyclic) bond motifs is 4. The third kappa shape index (κ3) is 2.91. The van der Waals surface area contributed by atoms with E-state index in [1.165, 1.54) is 0 Å². The molecular formula is C25H28O6. The summed E-state index contributed by atoms with van der Waals surface area (Å²) in [5, 5.41) is 0. The SMILES string of the molecule is CC1(C)CC2(CC(C)(C)c3cc4c(cc3O2)OCCO4)Oc2cc3c(cc21)OCCO3. The van der Waals surface area contributed by atoms with Gasteiger partial charge in [-0.1, -0.05) is 27.7 Å². The van der Waals surface area contributed by atoms with E-state index in [-0.39, 0.29) is 10.8 Å². The van der Waals surface area contributed by atoms with E-state index in [0.29, 0.717) is 26.4 Å². The van der Waals surface area contributed by atoms with Gasteiger partial charge in [0.1, 0.15) is 37.9 Å². The molecule has 2 aromatic rings. The molecule has 6 heteroatoms. The molecule has 0 bridgehead atoms. The average Bonchev–Trinajstić information content (AvgIpc) is 2.70. The van der Waals surface area contributed by atoms with Crippen LogP contribution in [-0.2, 0) is 10.8 Å². The second kappa shape index (κ2) is 6.15. The molecule has 31 heavy (non-hydrogen) atoms. The molecule has 6 nitrogen and oxygen atoms in total. The van der Waals surface area contributed by atoms with Gasteiger partial charge in [0.2, 0.25) is 0 Å². The summed E-state index contributed by atoms with van der Waals surface area (Å²) >= 11 is 0. The van der Waals surface area contributed by atoms with Crippen LogP contribution in [0.4, 0.5) is 0 Å². The molecule has 0 saturated heterocycles. The van der Waals surface area contributed by atoms with Crippen molar-refractivity contribution in [2.45, 2.75) is 57.2 Å². The summed E-state index contributed by atoms with van der Waals surface area (Å²) in [7, 11) is 0. The van der Waals surface area contributed by atoms with Gasteiger partial charge in [-0.3, -0.25) is 0 Å². The number of hydrogen-bond acceptors (Lipinski definition) is 6. The van der Waals surface area contributed by atoms with Gasteiger partial charge in [-0.25, -0.2) is 0 Å². The van der Waals surface area contributed by atoms with Gasteiger partial charge in [0.05, 0.1) is 0 Å². The highest BCUT2D eigenvalue weighted by Crippen LogP contribution is 2.56. The Kier molecular flexibility index (Phi) is 3.76. The summed E-state index contributed by atoms with van der Waals surface area (Å²) in [6.07, 6.45) is 1.45. The first-order valence-electron chi connectivity index (χ1n) is 11.0. The van der Waals surface area contributed by atoms with Gasteiger partial charge in [0.15, 0.2) is 23.0 Å². The molecule has 6 rings (SSSR count). The molecule has 0 amide bonds. The fourth-order valence-electron chi connectivity index (χ4n) is 5.53. The first-order valence-corrected chi connectivity index (χ1v) is 11.0. The van der Waals surface area contributed by atoms with Crippen molar-refractivity contribution >= 4 is 0 Å². The minimum atomic E-state index is -0.777. The molecule has 0 aliphatic carbocycles. The first-order chi connectivity index (χ1) is 14.7. The highest BCUT2D eigenvalue weighted by molar-refractivity contribution is 5.57. The Labute approximate surface area is 182 Å². The Morgan fingerprint density at radius 3 is 1.26 bits per heavy atom. The number of hydrogen-bond donors (Lipinski definition) is 0. The molecule has 0 saturated carbocycles. The zero-order chi connectivity index (χ0) is 21.4. The lowest BCUT2D eigenvalue weighted by Crippen LogP contribution is -2.55. The smallest absolute Gasteiger partial charge is 0.252 e. The molecule has 164 valence electrons. The van der Waals surface area contributed by atoms with Crippen LogP contribution in [-0.4, -0.2) is 32.2 Å². The third-order valence-corrected chi connectivity index (χ3v) is 6.76. The van der Waals surface area contributed by atoms with Crippen LogP contribution in [0.2, 0.25) is 0 Å². The van der Waals surface area contributed by atoms with Crippen LogP contribution in [0.1, 0.15) is 51.7 Å². The van der Waals surface area contributed by atoms with E-state index in [1.807, 2.05) is 12.1 Å². The van der Waals surface area contributed by atoms with Gasteiger partial charge in [-0.15, -0.1) is 0 Å². The molecule has 4 aliphatic rings. The molecule has 0 fully saturated rings. The number of benzene rings is 2. The Hall–Kier alpha value is -2.76. The number of ether oxygens (including phenoxy) is 6. The zero-order valence-electron chi connectivity index (χ0n) is 18.5. The van der Waals surface area contributed by atoms with Crippen LogP contribution >= 0.6 is 0 Å². The summed E-state index contributed by atoms with van der Waals surface area (Å²) in [4.78, 5) is 0. The van der Waals surface area contributed by atoms with Crippen molar-refractivity contribution in [3.8, 4) is 34.5 Å². The molecule has 0 unspecified atom stereocenters. The monoisotopic (exact) mass is 424 g/mol. The lowest BCUT2D eigenvalue weighted by Gasteiger charge is -2.51. The van der Waals surface area contributed by atoms with E-state index in [4.69, 9.17) is 28.4 Å². The van der Waals surface area contributed by atoms with E-state index in [2.05, 4.69) is 39.8 Å². The fourth-order valence-corrected chi connectivity index (χ4v) is 5.53. The largest absolute Gasteiger partial charge is 0.486 e. The van der Waals surface area contributed by atoms with Crippen LogP contribution in [0.15, 0.2) is 24.3 Å². The van der Waals surface area contributed by atoms with Crippen molar-refractivity contribution < 1.29 is 28.4 Å². The van der Waals surface area contributed by atoms with Crippen LogP contribution in [0, 0.1) is 0 Å². The molecule has 0 radical (unpaired) electrons. The van der Waals surface area contributed by atoms with Crippen molar-refractivity contribution in [2.75, 3.05) is 26.4 Å². The van der Waals surface area contributed by atoms with E-state index in [9.17, 15) is 0 Å². The minimum Gasteiger partial charge on any atom is -0.486 e. The maximum Gasteiger partial charge on any atom is 0.252 e. The van der Waals surface area contributed by atoms with E-state index in [0.717, 1.165) is 58.5 Å². The number of rotatable bonds is 0. The summed E-state index contributed by atoms with van der Waals surface area (Å²) < 4.78 is 36.6. The molecule has 0 aromatic heterocycles.